The first kappa shape index (κ1) is 11.1. The number of ether oxygens (including phenoxy) is 1. The first-order chi connectivity index (χ1) is 6.63. The Morgan fingerprint density at radius 2 is 2.07 bits per heavy atom. The van der Waals surface area contributed by atoms with E-state index in [0.717, 1.165) is 17.9 Å². The summed E-state index contributed by atoms with van der Waals surface area (Å²) in [6, 6.07) is 6.13. The number of nitrogens with two attached hydrogens (primary N) is 1. The van der Waals surface area contributed by atoms with Crippen LogP contribution in [0.3, 0.4) is 0 Å². The van der Waals surface area contributed by atoms with Crippen molar-refractivity contribution in [1.82, 2.24) is 0 Å². The lowest BCUT2D eigenvalue weighted by Crippen LogP contribution is -2.08. The number of hydrogen-bond acceptors (Lipinski definition) is 2. The third-order valence-corrected chi connectivity index (χ3v) is 2.01. The van der Waals surface area contributed by atoms with Gasteiger partial charge in [-0.2, -0.15) is 0 Å². The van der Waals surface area contributed by atoms with Gasteiger partial charge in [-0.3, -0.25) is 0 Å². The molecule has 1 rings (SSSR count). The van der Waals surface area contributed by atoms with E-state index in [1.165, 1.54) is 5.56 Å². The lowest BCUT2D eigenvalue weighted by atomic mass is 10.1. The maximum Gasteiger partial charge on any atom is 0.123 e. The predicted octanol–water partition coefficient (Wildman–Crippen LogP) is 2.49. The highest BCUT2D eigenvalue weighted by Crippen LogP contribution is 2.19. The second-order valence-corrected chi connectivity index (χ2v) is 4.02. The molecule has 0 amide bonds. The molecular formula is C12H19NO. The van der Waals surface area contributed by atoms with Gasteiger partial charge < -0.3 is 10.5 Å². The van der Waals surface area contributed by atoms with Crippen molar-refractivity contribution in [2.45, 2.75) is 27.3 Å². The summed E-state index contributed by atoms with van der Waals surface area (Å²) in [6.45, 7) is 7.61. The van der Waals surface area contributed by atoms with Crippen molar-refractivity contribution in [3.8, 4) is 5.75 Å². The van der Waals surface area contributed by atoms with Gasteiger partial charge >= 0.3 is 0 Å². The van der Waals surface area contributed by atoms with Crippen LogP contribution in [0.1, 0.15) is 25.0 Å². The van der Waals surface area contributed by atoms with Crippen LogP contribution >= 0.6 is 0 Å². The normalized spacial score (nSPS) is 10.6. The van der Waals surface area contributed by atoms with Crippen LogP contribution in [0.25, 0.3) is 0 Å². The molecule has 0 fully saturated rings. The lowest BCUT2D eigenvalue weighted by Gasteiger charge is -2.12. The highest BCUT2D eigenvalue weighted by Gasteiger charge is 2.03. The molecule has 0 bridgehead atoms. The molecule has 0 saturated heterocycles. The zero-order valence-electron chi connectivity index (χ0n) is 9.21. The van der Waals surface area contributed by atoms with Crippen molar-refractivity contribution >= 4 is 0 Å². The van der Waals surface area contributed by atoms with Crippen LogP contribution in [-0.4, -0.2) is 6.61 Å². The van der Waals surface area contributed by atoms with E-state index in [1.54, 1.807) is 0 Å². The average molecular weight is 193 g/mol. The third kappa shape index (κ3) is 3.04. The summed E-state index contributed by atoms with van der Waals surface area (Å²) in [5.41, 5.74) is 7.96. The van der Waals surface area contributed by atoms with E-state index in [2.05, 4.69) is 32.9 Å². The molecule has 1 aromatic carbocycles. The van der Waals surface area contributed by atoms with Crippen molar-refractivity contribution in [3.63, 3.8) is 0 Å². The first-order valence-electron chi connectivity index (χ1n) is 5.06. The Labute approximate surface area is 86.1 Å². The van der Waals surface area contributed by atoms with Gasteiger partial charge in [0.2, 0.25) is 0 Å². The molecule has 2 heteroatoms. The van der Waals surface area contributed by atoms with Gasteiger partial charge in [-0.1, -0.05) is 31.5 Å². The van der Waals surface area contributed by atoms with Crippen LogP contribution in [0, 0.1) is 12.8 Å². The second-order valence-electron chi connectivity index (χ2n) is 4.02. The summed E-state index contributed by atoms with van der Waals surface area (Å²) in [5, 5.41) is 0. The molecule has 0 heterocycles. The van der Waals surface area contributed by atoms with E-state index in [4.69, 9.17) is 10.5 Å². The first-order valence-corrected chi connectivity index (χ1v) is 5.06. The molecule has 78 valence electrons. The van der Waals surface area contributed by atoms with Crippen LogP contribution in [0.15, 0.2) is 18.2 Å². The summed E-state index contributed by atoms with van der Waals surface area (Å²) in [5.74, 6) is 1.47. The van der Waals surface area contributed by atoms with Gasteiger partial charge in [-0.15, -0.1) is 0 Å². The monoisotopic (exact) mass is 193 g/mol. The molecular weight excluding hydrogens is 174 g/mol. The molecule has 2 N–H and O–H groups in total. The molecule has 0 aliphatic rings. The largest absolute Gasteiger partial charge is 0.493 e. The molecule has 0 spiro atoms. The Bertz CT molecular complexity index is 294. The molecule has 0 atom stereocenters. The van der Waals surface area contributed by atoms with Crippen LogP contribution in [0.5, 0.6) is 5.75 Å². The van der Waals surface area contributed by atoms with E-state index < -0.39 is 0 Å². The van der Waals surface area contributed by atoms with Crippen molar-refractivity contribution in [2.24, 2.45) is 11.7 Å². The Balaban J connectivity index is 2.75. The van der Waals surface area contributed by atoms with Crippen LogP contribution < -0.4 is 10.5 Å². The molecule has 0 aliphatic heterocycles. The van der Waals surface area contributed by atoms with Gasteiger partial charge in [-0.05, 0) is 18.9 Å². The van der Waals surface area contributed by atoms with Crippen LogP contribution in [0.2, 0.25) is 0 Å². The zero-order valence-corrected chi connectivity index (χ0v) is 9.21. The Kier molecular flexibility index (Phi) is 3.96. The summed E-state index contributed by atoms with van der Waals surface area (Å²) in [6.07, 6.45) is 0. The number of hydrogen-bond donors (Lipinski definition) is 1. The molecule has 0 aromatic heterocycles. The number of benzene rings is 1. The fourth-order valence-electron chi connectivity index (χ4n) is 1.27. The van der Waals surface area contributed by atoms with Crippen LogP contribution in [0.4, 0.5) is 0 Å². The highest BCUT2D eigenvalue weighted by molar-refractivity contribution is 5.36. The van der Waals surface area contributed by atoms with Gasteiger partial charge in [0.15, 0.2) is 0 Å². The van der Waals surface area contributed by atoms with Crippen LogP contribution in [-0.2, 0) is 6.54 Å². The minimum absolute atomic E-state index is 0.537. The summed E-state index contributed by atoms with van der Waals surface area (Å²) < 4.78 is 5.66. The second kappa shape index (κ2) is 5.01. The van der Waals surface area contributed by atoms with E-state index in [9.17, 15) is 0 Å². The van der Waals surface area contributed by atoms with E-state index in [0.29, 0.717) is 12.5 Å². The minimum atomic E-state index is 0.537. The SMILES string of the molecule is Cc1ccc(OCC(C)C)c(CN)c1. The summed E-state index contributed by atoms with van der Waals surface area (Å²) in [7, 11) is 0. The third-order valence-electron chi connectivity index (χ3n) is 2.01. The molecule has 2 nitrogen and oxygen atoms in total. The fourth-order valence-corrected chi connectivity index (χ4v) is 1.27. The number of aryl methyl sites for hydroxylation is 1. The lowest BCUT2D eigenvalue weighted by molar-refractivity contribution is 0.268. The Morgan fingerprint density at radius 3 is 2.64 bits per heavy atom. The van der Waals surface area contributed by atoms with Gasteiger partial charge in [0, 0.05) is 12.1 Å². The van der Waals surface area contributed by atoms with Crippen molar-refractivity contribution in [1.29, 1.82) is 0 Å². The average Bonchev–Trinajstić information content (AvgIpc) is 2.15. The van der Waals surface area contributed by atoms with Crippen molar-refractivity contribution in [3.05, 3.63) is 29.3 Å². The Morgan fingerprint density at radius 1 is 1.36 bits per heavy atom. The van der Waals surface area contributed by atoms with E-state index in [-0.39, 0.29) is 0 Å². The summed E-state index contributed by atoms with van der Waals surface area (Å²) in [4.78, 5) is 0. The highest BCUT2D eigenvalue weighted by atomic mass is 16.5. The molecule has 0 saturated carbocycles. The Hall–Kier alpha value is -1.02. The van der Waals surface area contributed by atoms with Gasteiger partial charge in [0.1, 0.15) is 5.75 Å². The van der Waals surface area contributed by atoms with Gasteiger partial charge in [0.25, 0.3) is 0 Å². The van der Waals surface area contributed by atoms with Gasteiger partial charge in [-0.25, -0.2) is 0 Å². The predicted molar refractivity (Wildman–Crippen MR) is 59.4 cm³/mol. The molecule has 0 radical (unpaired) electrons. The molecule has 0 aliphatic carbocycles. The smallest absolute Gasteiger partial charge is 0.123 e. The number of rotatable bonds is 4. The van der Waals surface area contributed by atoms with Crippen molar-refractivity contribution in [2.75, 3.05) is 6.61 Å². The quantitative estimate of drug-likeness (QED) is 0.797. The molecule has 0 unspecified atom stereocenters. The van der Waals surface area contributed by atoms with E-state index >= 15 is 0 Å². The minimum Gasteiger partial charge on any atom is -0.493 e. The van der Waals surface area contributed by atoms with E-state index in [1.807, 2.05) is 6.07 Å². The fraction of sp³-hybridized carbons (Fsp3) is 0.500. The standard InChI is InChI=1S/C12H19NO/c1-9(2)8-14-12-5-4-10(3)6-11(12)7-13/h4-6,9H,7-8,13H2,1-3H3. The topological polar surface area (TPSA) is 35.2 Å². The molecule has 1 aromatic rings. The maximum absolute atomic E-state index is 5.66. The maximum atomic E-state index is 5.66. The summed E-state index contributed by atoms with van der Waals surface area (Å²) >= 11 is 0. The van der Waals surface area contributed by atoms with Crippen molar-refractivity contribution < 1.29 is 4.74 Å². The van der Waals surface area contributed by atoms with Gasteiger partial charge in [0.05, 0.1) is 6.61 Å². The molecule has 14 heavy (non-hydrogen) atoms. The zero-order chi connectivity index (χ0) is 10.6.